The van der Waals surface area contributed by atoms with Gasteiger partial charge in [-0.1, -0.05) is 103 Å². The van der Waals surface area contributed by atoms with Crippen molar-refractivity contribution in [2.45, 2.75) is 103 Å². The largest absolute Gasteiger partial charge is 0.0720 e. The molecule has 0 rings (SSSR count). The summed E-state index contributed by atoms with van der Waals surface area (Å²) in [5.41, 5.74) is 0. The Balaban J connectivity index is 3.09. The summed E-state index contributed by atoms with van der Waals surface area (Å²) in [6.07, 6.45) is 16.2. The molecule has 1 heteroatoms. The fourth-order valence-corrected chi connectivity index (χ4v) is 4.77. The van der Waals surface area contributed by atoms with Crippen molar-refractivity contribution in [3.8, 4) is 0 Å². The highest BCUT2D eigenvalue weighted by atomic mass is 28.3. The van der Waals surface area contributed by atoms with Gasteiger partial charge in [0, 0.05) is 8.80 Å². The monoisotopic (exact) mass is 256 g/mol. The van der Waals surface area contributed by atoms with E-state index in [2.05, 4.69) is 20.4 Å². The summed E-state index contributed by atoms with van der Waals surface area (Å²) < 4.78 is 0. The van der Waals surface area contributed by atoms with Gasteiger partial charge in [-0.3, -0.25) is 0 Å². The molecule has 0 nitrogen and oxygen atoms in total. The third-order valence-electron chi connectivity index (χ3n) is 3.85. The normalized spacial score (nSPS) is 12.9. The molecule has 0 N–H and O–H groups in total. The van der Waals surface area contributed by atoms with E-state index < -0.39 is 0 Å². The van der Waals surface area contributed by atoms with E-state index >= 15 is 0 Å². The molecule has 0 saturated carbocycles. The Bertz CT molecular complexity index is 133. The molecule has 1 unspecified atom stereocenters. The van der Waals surface area contributed by atoms with Gasteiger partial charge in [0.15, 0.2) is 0 Å². The summed E-state index contributed by atoms with van der Waals surface area (Å²) in [4.78, 5) is 0. The number of hydrogen-bond acceptors (Lipinski definition) is 0. The van der Waals surface area contributed by atoms with Crippen molar-refractivity contribution in [3.63, 3.8) is 0 Å². The van der Waals surface area contributed by atoms with Gasteiger partial charge in [0.2, 0.25) is 0 Å². The smallest absolute Gasteiger partial charge is 0.0336 e. The van der Waals surface area contributed by atoms with Gasteiger partial charge in [-0.2, -0.15) is 0 Å². The van der Waals surface area contributed by atoms with Crippen LogP contribution in [0.4, 0.5) is 0 Å². The Morgan fingerprint density at radius 1 is 0.529 bits per heavy atom. The Kier molecular flexibility index (Phi) is 14.5. The van der Waals surface area contributed by atoms with Gasteiger partial charge in [0.05, 0.1) is 0 Å². The zero-order valence-electron chi connectivity index (χ0n) is 12.8. The van der Waals surface area contributed by atoms with Crippen molar-refractivity contribution < 1.29 is 0 Å². The first-order valence-corrected chi connectivity index (χ1v) is 11.1. The molecule has 0 amide bonds. The lowest BCUT2D eigenvalue weighted by atomic mass is 10.1. The topological polar surface area (TPSA) is 0 Å². The van der Waals surface area contributed by atoms with Crippen LogP contribution in [0.1, 0.15) is 84.5 Å². The van der Waals surface area contributed by atoms with Crippen LogP contribution in [0.15, 0.2) is 0 Å². The quantitative estimate of drug-likeness (QED) is 0.273. The zero-order chi connectivity index (χ0) is 12.8. The van der Waals surface area contributed by atoms with Crippen LogP contribution in [0, 0.1) is 0 Å². The van der Waals surface area contributed by atoms with Gasteiger partial charge < -0.3 is 0 Å². The lowest BCUT2D eigenvalue weighted by Gasteiger charge is -2.09. The molecule has 0 spiro atoms. The predicted octanol–water partition coefficient (Wildman–Crippen LogP) is 6.17. The fourth-order valence-electron chi connectivity index (χ4n) is 2.51. The molecule has 0 heterocycles. The highest BCUT2D eigenvalue weighted by molar-refractivity contribution is 6.57. The van der Waals surface area contributed by atoms with Crippen molar-refractivity contribution in [1.82, 2.24) is 0 Å². The maximum absolute atomic E-state index is 2.59. The Morgan fingerprint density at radius 2 is 0.882 bits per heavy atom. The first-order valence-electron chi connectivity index (χ1n) is 8.31. The molecule has 1 atom stereocenters. The molecule has 17 heavy (non-hydrogen) atoms. The second-order valence-electron chi connectivity index (χ2n) is 5.86. The summed E-state index contributed by atoms with van der Waals surface area (Å²) in [6.45, 7) is 7.19. The van der Waals surface area contributed by atoms with Gasteiger partial charge in [-0.25, -0.2) is 0 Å². The van der Waals surface area contributed by atoms with Gasteiger partial charge in [0.1, 0.15) is 0 Å². The van der Waals surface area contributed by atoms with E-state index in [1.165, 1.54) is 70.6 Å². The first kappa shape index (κ1) is 17.2. The molecule has 0 saturated heterocycles. The van der Waals surface area contributed by atoms with Gasteiger partial charge in [-0.05, 0) is 0 Å². The van der Waals surface area contributed by atoms with Crippen LogP contribution >= 0.6 is 0 Å². The summed E-state index contributed by atoms with van der Waals surface area (Å²) in [6, 6.07) is 3.22. The zero-order valence-corrected chi connectivity index (χ0v) is 13.9. The molecule has 0 fully saturated rings. The molecule has 0 bridgehead atoms. The van der Waals surface area contributed by atoms with E-state index in [4.69, 9.17) is 0 Å². The minimum absolute atomic E-state index is 0.313. The van der Waals surface area contributed by atoms with E-state index in [0.29, 0.717) is 0 Å². The maximum atomic E-state index is 2.59. The average Bonchev–Trinajstić information content (AvgIpc) is 2.33. The van der Waals surface area contributed by atoms with E-state index in [0.717, 1.165) is 0 Å². The van der Waals surface area contributed by atoms with Gasteiger partial charge >= 0.3 is 0 Å². The Hall–Kier alpha value is 0.217. The Morgan fingerprint density at radius 3 is 1.29 bits per heavy atom. The third kappa shape index (κ3) is 14.2. The Labute approximate surface area is 112 Å². The van der Waals surface area contributed by atoms with Crippen LogP contribution in [-0.4, -0.2) is 8.80 Å². The fraction of sp³-hybridized carbons (Fsp3) is 1.00. The predicted molar refractivity (Wildman–Crippen MR) is 84.8 cm³/mol. The second-order valence-corrected chi connectivity index (χ2v) is 9.23. The van der Waals surface area contributed by atoms with Crippen LogP contribution in [-0.2, 0) is 0 Å². The molecule has 0 radical (unpaired) electrons. The van der Waals surface area contributed by atoms with E-state index in [-0.39, 0.29) is 8.80 Å². The van der Waals surface area contributed by atoms with Gasteiger partial charge in [-0.15, -0.1) is 0 Å². The minimum atomic E-state index is -0.313. The maximum Gasteiger partial charge on any atom is 0.0336 e. The van der Waals surface area contributed by atoms with Crippen molar-refractivity contribution in [2.75, 3.05) is 0 Å². The highest BCUT2D eigenvalue weighted by Crippen LogP contribution is 2.14. The van der Waals surface area contributed by atoms with Crippen LogP contribution < -0.4 is 0 Å². The highest BCUT2D eigenvalue weighted by Gasteiger charge is 2.03. The summed E-state index contributed by atoms with van der Waals surface area (Å²) >= 11 is 0. The molecule has 0 aromatic rings. The summed E-state index contributed by atoms with van der Waals surface area (Å²) in [5.74, 6) is 0. The molecular weight excluding hydrogens is 220 g/mol. The van der Waals surface area contributed by atoms with Crippen molar-refractivity contribution in [1.29, 1.82) is 0 Å². The van der Waals surface area contributed by atoms with Gasteiger partial charge in [0.25, 0.3) is 0 Å². The molecule has 0 aromatic heterocycles. The second kappa shape index (κ2) is 14.3. The lowest BCUT2D eigenvalue weighted by Crippen LogP contribution is -2.05. The van der Waals surface area contributed by atoms with E-state index in [9.17, 15) is 0 Å². The number of hydrogen-bond donors (Lipinski definition) is 0. The minimum Gasteiger partial charge on any atom is -0.0720 e. The summed E-state index contributed by atoms with van der Waals surface area (Å²) in [5, 5.41) is 0. The van der Waals surface area contributed by atoms with Crippen LogP contribution in [0.25, 0.3) is 0 Å². The average molecular weight is 257 g/mol. The van der Waals surface area contributed by atoms with E-state index in [1.807, 2.05) is 0 Å². The standard InChI is InChI=1S/C16H36Si/c1-4-6-8-10-12-14-16-17(3)15-13-11-9-7-5-2/h17H,4-16H2,1-3H3. The number of rotatable bonds is 13. The molecule has 0 aliphatic heterocycles. The van der Waals surface area contributed by atoms with Crippen molar-refractivity contribution >= 4 is 8.80 Å². The van der Waals surface area contributed by atoms with E-state index in [1.54, 1.807) is 12.1 Å². The van der Waals surface area contributed by atoms with Crippen LogP contribution in [0.5, 0.6) is 0 Å². The molecule has 0 aromatic carbocycles. The molecule has 0 aliphatic rings. The molecular formula is C16H36Si. The number of unbranched alkanes of at least 4 members (excludes halogenated alkanes) is 9. The third-order valence-corrected chi connectivity index (χ3v) is 6.64. The lowest BCUT2D eigenvalue weighted by molar-refractivity contribution is 0.621. The first-order chi connectivity index (χ1) is 8.31. The van der Waals surface area contributed by atoms with Crippen LogP contribution in [0.2, 0.25) is 18.6 Å². The van der Waals surface area contributed by atoms with Crippen LogP contribution in [0.3, 0.4) is 0 Å². The van der Waals surface area contributed by atoms with Crippen molar-refractivity contribution in [2.24, 2.45) is 0 Å². The molecule has 0 aliphatic carbocycles. The summed E-state index contributed by atoms with van der Waals surface area (Å²) in [7, 11) is -0.313. The molecule has 104 valence electrons. The van der Waals surface area contributed by atoms with Crippen molar-refractivity contribution in [3.05, 3.63) is 0 Å². The SMILES string of the molecule is CCCCCCCC[SiH](C)CCCCCCC.